The van der Waals surface area contributed by atoms with Gasteiger partial charge in [-0.1, -0.05) is 30.3 Å². The van der Waals surface area contributed by atoms with Gasteiger partial charge in [0.1, 0.15) is 5.75 Å². The van der Waals surface area contributed by atoms with Gasteiger partial charge in [-0.05, 0) is 36.2 Å². The van der Waals surface area contributed by atoms with E-state index >= 15 is 0 Å². The molecule has 5 nitrogen and oxygen atoms in total. The van der Waals surface area contributed by atoms with Crippen LogP contribution in [0.4, 0.5) is 0 Å². The van der Waals surface area contributed by atoms with Crippen LogP contribution in [0.5, 0.6) is 5.75 Å². The van der Waals surface area contributed by atoms with Crippen LogP contribution in [0.3, 0.4) is 0 Å². The van der Waals surface area contributed by atoms with Crippen molar-refractivity contribution in [1.82, 2.24) is 0 Å². The Kier molecular flexibility index (Phi) is 7.53. The van der Waals surface area contributed by atoms with E-state index in [2.05, 4.69) is 0 Å². The minimum absolute atomic E-state index is 0.118. The van der Waals surface area contributed by atoms with Gasteiger partial charge < -0.3 is 14.2 Å². The van der Waals surface area contributed by atoms with Gasteiger partial charge in [0.25, 0.3) is 0 Å². The molecule has 2 aromatic rings. The van der Waals surface area contributed by atoms with Crippen LogP contribution >= 0.6 is 11.8 Å². The maximum atomic E-state index is 12.1. The van der Waals surface area contributed by atoms with Crippen molar-refractivity contribution in [1.29, 1.82) is 0 Å². The van der Waals surface area contributed by atoms with Crippen LogP contribution in [-0.4, -0.2) is 33.3 Å². The van der Waals surface area contributed by atoms with Crippen LogP contribution in [0.25, 0.3) is 0 Å². The van der Waals surface area contributed by atoms with Gasteiger partial charge in [0.05, 0.1) is 21.3 Å². The predicted molar refractivity (Wildman–Crippen MR) is 100 cm³/mol. The van der Waals surface area contributed by atoms with Crippen molar-refractivity contribution in [2.45, 2.75) is 16.6 Å². The van der Waals surface area contributed by atoms with Crippen molar-refractivity contribution < 1.29 is 23.8 Å². The van der Waals surface area contributed by atoms with Crippen molar-refractivity contribution in [3.05, 3.63) is 60.2 Å². The molecule has 0 aliphatic rings. The molecule has 0 N–H and O–H groups in total. The Morgan fingerprint density at radius 3 is 1.96 bits per heavy atom. The third-order valence-electron chi connectivity index (χ3n) is 3.93. The normalized spacial score (nSPS) is 11.7. The summed E-state index contributed by atoms with van der Waals surface area (Å²) < 4.78 is 14.8. The Morgan fingerprint density at radius 2 is 1.46 bits per heavy atom. The molecule has 138 valence electrons. The van der Waals surface area contributed by atoms with Crippen LogP contribution < -0.4 is 4.74 Å². The van der Waals surface area contributed by atoms with Crippen LogP contribution in [0, 0.1) is 5.92 Å². The smallest absolute Gasteiger partial charge is 0.320 e. The van der Waals surface area contributed by atoms with E-state index in [1.807, 2.05) is 54.6 Å². The fraction of sp³-hybridized carbons (Fsp3) is 0.300. The highest BCUT2D eigenvalue weighted by Gasteiger charge is 2.32. The van der Waals surface area contributed by atoms with Gasteiger partial charge >= 0.3 is 11.9 Å². The second kappa shape index (κ2) is 9.87. The molecule has 0 saturated heterocycles. The first-order chi connectivity index (χ1) is 12.6. The Bertz CT molecular complexity index is 699. The van der Waals surface area contributed by atoms with E-state index < -0.39 is 17.9 Å². The van der Waals surface area contributed by atoms with E-state index in [4.69, 9.17) is 14.2 Å². The van der Waals surface area contributed by atoms with Gasteiger partial charge in [-0.2, -0.15) is 0 Å². The molecule has 0 aliphatic carbocycles. The number of carbonyl (C=O) groups excluding carboxylic acids is 2. The summed E-state index contributed by atoms with van der Waals surface area (Å²) in [5.41, 5.74) is 1.02. The number of esters is 2. The molecule has 0 amide bonds. The predicted octanol–water partition coefficient (Wildman–Crippen LogP) is 3.88. The quantitative estimate of drug-likeness (QED) is 0.397. The fourth-order valence-electron chi connectivity index (χ4n) is 2.53. The van der Waals surface area contributed by atoms with Crippen molar-refractivity contribution in [3.63, 3.8) is 0 Å². The number of methoxy groups -OCH3 is 3. The highest BCUT2D eigenvalue weighted by Crippen LogP contribution is 2.40. The molecule has 1 unspecified atom stereocenters. The number of hydrogen-bond acceptors (Lipinski definition) is 6. The standard InChI is InChI=1S/C20H22O5S/c1-23-15-9-11-16(12-10-15)26-18(14-7-5-4-6-8-14)13-17(19(21)24-2)20(22)25-3/h4-12,17-18H,13H2,1-3H3. The zero-order valence-corrected chi connectivity index (χ0v) is 15.8. The number of hydrogen-bond donors (Lipinski definition) is 0. The largest absolute Gasteiger partial charge is 0.497 e. The molecule has 0 spiro atoms. The molecular formula is C20H22O5S. The number of carbonyl (C=O) groups is 2. The molecule has 2 rings (SSSR count). The first-order valence-electron chi connectivity index (χ1n) is 8.10. The SMILES string of the molecule is COC(=O)C(CC(Sc1ccc(OC)cc1)c1ccccc1)C(=O)OC. The molecule has 0 heterocycles. The lowest BCUT2D eigenvalue weighted by atomic mass is 9.99. The first kappa shape index (κ1) is 19.8. The first-order valence-corrected chi connectivity index (χ1v) is 8.98. The van der Waals surface area contributed by atoms with E-state index in [1.54, 1.807) is 18.9 Å². The summed E-state index contributed by atoms with van der Waals surface area (Å²) in [5.74, 6) is -1.38. The van der Waals surface area contributed by atoms with E-state index in [0.29, 0.717) is 0 Å². The highest BCUT2D eigenvalue weighted by atomic mass is 32.2. The van der Waals surface area contributed by atoms with E-state index in [-0.39, 0.29) is 11.7 Å². The fourth-order valence-corrected chi connectivity index (χ4v) is 3.73. The summed E-state index contributed by atoms with van der Waals surface area (Å²) in [6, 6.07) is 17.4. The summed E-state index contributed by atoms with van der Waals surface area (Å²) in [7, 11) is 4.16. The maximum absolute atomic E-state index is 12.1. The summed E-state index contributed by atoms with van der Waals surface area (Å²) in [6.07, 6.45) is 0.278. The van der Waals surface area contributed by atoms with Crippen LogP contribution in [-0.2, 0) is 19.1 Å². The zero-order valence-electron chi connectivity index (χ0n) is 15.0. The molecule has 0 fully saturated rings. The van der Waals surface area contributed by atoms with Crippen LogP contribution in [0.1, 0.15) is 17.2 Å². The molecule has 6 heteroatoms. The Hall–Kier alpha value is -2.47. The third-order valence-corrected chi connectivity index (χ3v) is 5.22. The van der Waals surface area contributed by atoms with Crippen LogP contribution in [0.2, 0.25) is 0 Å². The molecule has 2 aromatic carbocycles. The van der Waals surface area contributed by atoms with E-state index in [0.717, 1.165) is 16.2 Å². The van der Waals surface area contributed by atoms with Crippen molar-refractivity contribution in [2.24, 2.45) is 5.92 Å². The Balaban J connectivity index is 2.28. The second-order valence-electron chi connectivity index (χ2n) is 5.53. The average molecular weight is 374 g/mol. The summed E-state index contributed by atoms with van der Waals surface area (Å²) in [5, 5.41) is -0.118. The van der Waals surface area contributed by atoms with Gasteiger partial charge in [-0.3, -0.25) is 9.59 Å². The summed E-state index contributed by atoms with van der Waals surface area (Å²) >= 11 is 1.57. The molecule has 0 aliphatic heterocycles. The lowest BCUT2D eigenvalue weighted by Gasteiger charge is -2.21. The molecule has 0 saturated carbocycles. The van der Waals surface area contributed by atoms with Gasteiger partial charge in [-0.15, -0.1) is 11.8 Å². The summed E-state index contributed by atoms with van der Waals surface area (Å²) in [4.78, 5) is 25.1. The Labute approximate surface area is 157 Å². The monoisotopic (exact) mass is 374 g/mol. The Morgan fingerprint density at radius 1 is 0.885 bits per heavy atom. The van der Waals surface area contributed by atoms with Gasteiger partial charge in [0.2, 0.25) is 0 Å². The second-order valence-corrected chi connectivity index (χ2v) is 6.80. The average Bonchev–Trinajstić information content (AvgIpc) is 2.71. The number of ether oxygens (including phenoxy) is 3. The number of benzene rings is 2. The molecule has 0 aromatic heterocycles. The zero-order chi connectivity index (χ0) is 18.9. The number of rotatable bonds is 8. The van der Waals surface area contributed by atoms with Crippen LogP contribution in [0.15, 0.2) is 59.5 Å². The van der Waals surface area contributed by atoms with Crippen molar-refractivity contribution >= 4 is 23.7 Å². The summed E-state index contributed by atoms with van der Waals surface area (Å²) in [6.45, 7) is 0. The molecule has 26 heavy (non-hydrogen) atoms. The van der Waals surface area contributed by atoms with Crippen molar-refractivity contribution in [3.8, 4) is 5.75 Å². The topological polar surface area (TPSA) is 61.8 Å². The number of thioether (sulfide) groups is 1. The van der Waals surface area contributed by atoms with Gasteiger partial charge in [0.15, 0.2) is 5.92 Å². The molecule has 0 bridgehead atoms. The minimum atomic E-state index is -0.971. The minimum Gasteiger partial charge on any atom is -0.497 e. The van der Waals surface area contributed by atoms with Crippen molar-refractivity contribution in [2.75, 3.05) is 21.3 Å². The molecule has 1 atom stereocenters. The maximum Gasteiger partial charge on any atom is 0.320 e. The van der Waals surface area contributed by atoms with Gasteiger partial charge in [-0.25, -0.2) is 0 Å². The molecular weight excluding hydrogens is 352 g/mol. The highest BCUT2D eigenvalue weighted by molar-refractivity contribution is 7.99. The van der Waals surface area contributed by atoms with E-state index in [9.17, 15) is 9.59 Å². The van der Waals surface area contributed by atoms with E-state index in [1.165, 1.54) is 14.2 Å². The van der Waals surface area contributed by atoms with Gasteiger partial charge in [0, 0.05) is 10.1 Å². The third kappa shape index (κ3) is 5.26. The lowest BCUT2D eigenvalue weighted by Crippen LogP contribution is -2.27. The molecule has 0 radical (unpaired) electrons. The lowest BCUT2D eigenvalue weighted by molar-refractivity contribution is -0.159.